The van der Waals surface area contributed by atoms with Gasteiger partial charge in [-0.05, 0) is 108 Å². The lowest BCUT2D eigenvalue weighted by Gasteiger charge is -2.25. The summed E-state index contributed by atoms with van der Waals surface area (Å²) in [4.78, 5) is 10.7. The summed E-state index contributed by atoms with van der Waals surface area (Å²) < 4.78 is 0. The molecule has 0 spiro atoms. The fraction of sp³-hybridized carbons (Fsp3) is 0.111. The van der Waals surface area contributed by atoms with Crippen molar-refractivity contribution in [3.8, 4) is 67.3 Å². The number of aromatic nitrogens is 2. The maximum Gasteiger partial charge on any atom is 0.161 e. The van der Waals surface area contributed by atoms with Gasteiger partial charge in [0.15, 0.2) is 5.82 Å². The van der Waals surface area contributed by atoms with Crippen molar-refractivity contribution in [2.24, 2.45) is 0 Å². The van der Waals surface area contributed by atoms with Crippen molar-refractivity contribution >= 4 is 21.5 Å². The number of hydrogen-bond acceptors (Lipinski definition) is 2. The molecule has 2 aliphatic rings. The fourth-order valence-electron chi connectivity index (χ4n) is 9.87. The minimum Gasteiger partial charge on any atom is -0.228 e. The normalized spacial score (nSPS) is 14.4. The van der Waals surface area contributed by atoms with Crippen molar-refractivity contribution in [3.05, 3.63) is 192 Å². The molecule has 1 aromatic heterocycles. The number of fused-ring (bicyclic) bond motifs is 8. The maximum absolute atomic E-state index is 5.39. The first-order valence-corrected chi connectivity index (χ1v) is 19.7. The highest BCUT2D eigenvalue weighted by molar-refractivity contribution is 6.06. The minimum absolute atomic E-state index is 0.0534. The molecular weight excluding hydrogens is 677 g/mol. The first-order chi connectivity index (χ1) is 27.3. The van der Waals surface area contributed by atoms with E-state index < -0.39 is 0 Å². The van der Waals surface area contributed by atoms with Crippen molar-refractivity contribution in [2.75, 3.05) is 0 Å². The Kier molecular flexibility index (Phi) is 6.98. The van der Waals surface area contributed by atoms with E-state index >= 15 is 0 Å². The Bertz CT molecular complexity index is 3080. The van der Waals surface area contributed by atoms with E-state index in [1.807, 2.05) is 0 Å². The highest BCUT2D eigenvalue weighted by Gasteiger charge is 2.38. The molecule has 0 saturated heterocycles. The molecule has 0 N–H and O–H groups in total. The van der Waals surface area contributed by atoms with E-state index in [4.69, 9.17) is 9.97 Å². The number of rotatable bonds is 4. The van der Waals surface area contributed by atoms with E-state index in [0.29, 0.717) is 0 Å². The smallest absolute Gasteiger partial charge is 0.161 e. The summed E-state index contributed by atoms with van der Waals surface area (Å²) in [5.74, 6) is 0.725. The summed E-state index contributed by atoms with van der Waals surface area (Å²) in [5.41, 5.74) is 18.0. The van der Waals surface area contributed by atoms with Crippen LogP contribution in [0.15, 0.2) is 170 Å². The third-order valence-electron chi connectivity index (χ3n) is 12.7. The van der Waals surface area contributed by atoms with E-state index in [1.165, 1.54) is 71.8 Å². The Hall–Kier alpha value is -6.64. The molecule has 0 bridgehead atoms. The second-order valence-corrected chi connectivity index (χ2v) is 16.6. The molecule has 2 heteroatoms. The predicted molar refractivity (Wildman–Crippen MR) is 234 cm³/mol. The predicted octanol–water partition coefficient (Wildman–Crippen LogP) is 14.1. The second-order valence-electron chi connectivity index (χ2n) is 16.6. The summed E-state index contributed by atoms with van der Waals surface area (Å²) in [6.07, 6.45) is 0. The lowest BCUT2D eigenvalue weighted by Crippen LogP contribution is -2.16. The summed E-state index contributed by atoms with van der Waals surface area (Å²) in [6, 6.07) is 62.0. The van der Waals surface area contributed by atoms with Gasteiger partial charge in [-0.3, -0.25) is 0 Å². The highest BCUT2D eigenvalue weighted by Crippen LogP contribution is 2.54. The van der Waals surface area contributed by atoms with Crippen LogP contribution in [0.4, 0.5) is 0 Å². The van der Waals surface area contributed by atoms with Crippen molar-refractivity contribution in [2.45, 2.75) is 38.5 Å². The van der Waals surface area contributed by atoms with Crippen molar-refractivity contribution < 1.29 is 0 Å². The van der Waals surface area contributed by atoms with Crippen LogP contribution >= 0.6 is 0 Å². The lowest BCUT2D eigenvalue weighted by molar-refractivity contribution is 0.660. The van der Waals surface area contributed by atoms with Gasteiger partial charge in [0, 0.05) is 27.5 Å². The third kappa shape index (κ3) is 4.75. The average Bonchev–Trinajstić information content (AvgIpc) is 3.61. The fourth-order valence-corrected chi connectivity index (χ4v) is 9.87. The molecule has 1 heterocycles. The molecule has 9 aromatic rings. The molecule has 11 rings (SSSR count). The zero-order chi connectivity index (χ0) is 37.8. The monoisotopic (exact) mass is 716 g/mol. The number of benzene rings is 8. The average molecular weight is 717 g/mol. The summed E-state index contributed by atoms with van der Waals surface area (Å²) in [7, 11) is 0. The molecule has 0 radical (unpaired) electrons. The van der Waals surface area contributed by atoms with Gasteiger partial charge in [0.1, 0.15) is 0 Å². The third-order valence-corrected chi connectivity index (χ3v) is 12.7. The van der Waals surface area contributed by atoms with Gasteiger partial charge in [0.25, 0.3) is 0 Å². The van der Waals surface area contributed by atoms with Gasteiger partial charge in [-0.2, -0.15) is 0 Å². The molecular formula is C54H40N2. The van der Waals surface area contributed by atoms with Crippen LogP contribution in [0.1, 0.15) is 49.9 Å². The van der Waals surface area contributed by atoms with E-state index in [0.717, 1.165) is 39.3 Å². The summed E-state index contributed by atoms with van der Waals surface area (Å²) in [5, 5.41) is 4.90. The van der Waals surface area contributed by atoms with E-state index in [2.05, 4.69) is 198 Å². The van der Waals surface area contributed by atoms with Crippen LogP contribution < -0.4 is 0 Å². The van der Waals surface area contributed by atoms with Gasteiger partial charge in [-0.15, -0.1) is 0 Å². The quantitative estimate of drug-likeness (QED) is 0.181. The van der Waals surface area contributed by atoms with E-state index in [9.17, 15) is 0 Å². The Morgan fingerprint density at radius 3 is 1.70 bits per heavy atom. The lowest BCUT2D eigenvalue weighted by atomic mass is 9.78. The van der Waals surface area contributed by atoms with Crippen LogP contribution in [-0.2, 0) is 10.8 Å². The molecule has 2 nitrogen and oxygen atoms in total. The molecule has 0 atom stereocenters. The van der Waals surface area contributed by atoms with Crippen LogP contribution in [0, 0.1) is 0 Å². The molecule has 0 saturated carbocycles. The molecule has 266 valence electrons. The number of hydrogen-bond donors (Lipinski definition) is 0. The van der Waals surface area contributed by atoms with Crippen molar-refractivity contribution in [3.63, 3.8) is 0 Å². The van der Waals surface area contributed by atoms with Gasteiger partial charge in [0.2, 0.25) is 0 Å². The first-order valence-electron chi connectivity index (χ1n) is 19.7. The van der Waals surface area contributed by atoms with Gasteiger partial charge >= 0.3 is 0 Å². The molecule has 0 unspecified atom stereocenters. The Labute approximate surface area is 328 Å². The van der Waals surface area contributed by atoms with Crippen LogP contribution in [0.5, 0.6) is 0 Å². The van der Waals surface area contributed by atoms with Crippen LogP contribution in [0.2, 0.25) is 0 Å². The molecule has 0 amide bonds. The van der Waals surface area contributed by atoms with Gasteiger partial charge in [0.05, 0.1) is 11.4 Å². The first kappa shape index (κ1) is 32.8. The zero-order valence-corrected chi connectivity index (χ0v) is 32.1. The molecule has 0 fully saturated rings. The Morgan fingerprint density at radius 1 is 0.339 bits per heavy atom. The van der Waals surface area contributed by atoms with Gasteiger partial charge in [-0.25, -0.2) is 9.97 Å². The maximum atomic E-state index is 5.39. The Morgan fingerprint density at radius 2 is 0.911 bits per heavy atom. The molecule has 0 aliphatic heterocycles. The van der Waals surface area contributed by atoms with Crippen molar-refractivity contribution in [1.29, 1.82) is 0 Å². The second kappa shape index (κ2) is 11.9. The van der Waals surface area contributed by atoms with Crippen molar-refractivity contribution in [1.82, 2.24) is 9.97 Å². The number of nitrogens with zero attached hydrogens (tertiary/aromatic N) is 2. The standard InChI is InChI=1S/C54H40N2/c1-53(2)46-24-13-12-21-40(46)44-30-36(25-28-47(44)53)50-32-49(33-15-6-5-7-16-33)55-52(56-50)43-27-26-39(37-19-10-11-20-38(37)43)41-22-14-23-42-45-29-34-17-8-9-18-35(34)31-48(45)54(3,4)51(41)42/h5-32H,1-4H3. The Balaban J connectivity index is 1.09. The zero-order valence-electron chi connectivity index (χ0n) is 32.1. The van der Waals surface area contributed by atoms with Crippen LogP contribution in [-0.4, -0.2) is 9.97 Å². The molecule has 2 aliphatic carbocycles. The largest absolute Gasteiger partial charge is 0.228 e. The van der Waals surface area contributed by atoms with E-state index in [-0.39, 0.29) is 10.8 Å². The topological polar surface area (TPSA) is 25.8 Å². The molecule has 56 heavy (non-hydrogen) atoms. The van der Waals surface area contributed by atoms with E-state index in [1.54, 1.807) is 0 Å². The van der Waals surface area contributed by atoms with Gasteiger partial charge in [-0.1, -0.05) is 167 Å². The molecule has 8 aromatic carbocycles. The summed E-state index contributed by atoms with van der Waals surface area (Å²) in [6.45, 7) is 9.42. The minimum atomic E-state index is -0.168. The van der Waals surface area contributed by atoms with Gasteiger partial charge < -0.3 is 0 Å². The SMILES string of the molecule is CC1(C)c2ccccc2-c2cc(-c3cc(-c4ccccc4)nc(-c4ccc(-c5cccc6c5C(C)(C)c5cc7ccccc7cc5-6)c5ccccc45)n3)ccc21. The highest BCUT2D eigenvalue weighted by atomic mass is 14.9. The van der Waals surface area contributed by atoms with Crippen LogP contribution in [0.25, 0.3) is 88.8 Å². The summed E-state index contributed by atoms with van der Waals surface area (Å²) >= 11 is 0. The van der Waals surface area contributed by atoms with Crippen LogP contribution in [0.3, 0.4) is 0 Å².